The van der Waals surface area contributed by atoms with Gasteiger partial charge in [-0.1, -0.05) is 18.2 Å². The Labute approximate surface area is 134 Å². The monoisotopic (exact) mass is 316 g/mol. The van der Waals surface area contributed by atoms with Crippen molar-refractivity contribution >= 4 is 17.3 Å². The van der Waals surface area contributed by atoms with Gasteiger partial charge in [0, 0.05) is 6.04 Å². The van der Waals surface area contributed by atoms with Gasteiger partial charge in [0.15, 0.2) is 0 Å². The van der Waals surface area contributed by atoms with E-state index in [4.69, 9.17) is 0 Å². The van der Waals surface area contributed by atoms with Gasteiger partial charge in [-0.2, -0.15) is 4.39 Å². The highest BCUT2D eigenvalue weighted by Crippen LogP contribution is 2.37. The number of carbonyl (C=O) groups is 1. The molecule has 120 valence electrons. The molecule has 0 aliphatic carbocycles. The maximum Gasteiger partial charge on any atom is 0.264 e. The molecule has 2 aromatic carbocycles. The quantitative estimate of drug-likeness (QED) is 0.773. The van der Waals surface area contributed by atoms with E-state index < -0.39 is 18.1 Å². The molecular formula is C18H18F2N2O. The number of carbonyl (C=O) groups excluding carboxylic acids is 1. The zero-order valence-electron chi connectivity index (χ0n) is 13.3. The molecule has 23 heavy (non-hydrogen) atoms. The molecule has 5 heteroatoms. The van der Waals surface area contributed by atoms with E-state index in [0.717, 1.165) is 10.5 Å². The summed E-state index contributed by atoms with van der Waals surface area (Å²) in [6.45, 7) is 5.45. The van der Waals surface area contributed by atoms with E-state index in [1.54, 1.807) is 37.3 Å². The molecule has 0 bridgehead atoms. The van der Waals surface area contributed by atoms with Crippen molar-refractivity contribution in [1.82, 2.24) is 0 Å². The van der Waals surface area contributed by atoms with Crippen molar-refractivity contribution in [3.05, 3.63) is 59.4 Å². The zero-order valence-corrected chi connectivity index (χ0v) is 13.3. The Bertz CT molecular complexity index is 760. The number of anilines is 2. The third kappa shape index (κ3) is 2.46. The van der Waals surface area contributed by atoms with Crippen LogP contribution >= 0.6 is 0 Å². The summed E-state index contributed by atoms with van der Waals surface area (Å²) < 4.78 is 29.4. The first kappa shape index (κ1) is 15.5. The first-order valence-electron chi connectivity index (χ1n) is 7.53. The predicted octanol–water partition coefficient (Wildman–Crippen LogP) is 4.26. The van der Waals surface area contributed by atoms with E-state index in [-0.39, 0.29) is 11.7 Å². The molecule has 0 fully saturated rings. The molecule has 0 saturated heterocycles. The summed E-state index contributed by atoms with van der Waals surface area (Å²) in [4.78, 5) is 15.1. The van der Waals surface area contributed by atoms with E-state index in [2.05, 4.69) is 0 Å². The second-order valence-corrected chi connectivity index (χ2v) is 5.96. The summed E-state index contributed by atoms with van der Waals surface area (Å²) in [5.41, 5.74) is 1.62. The summed E-state index contributed by atoms with van der Waals surface area (Å²) in [7, 11) is 0. The number of para-hydroxylation sites is 1. The highest BCUT2D eigenvalue weighted by molar-refractivity contribution is 6.12. The lowest BCUT2D eigenvalue weighted by Crippen LogP contribution is -2.56. The van der Waals surface area contributed by atoms with Crippen LogP contribution in [0.25, 0.3) is 0 Å². The maximum absolute atomic E-state index is 15.2. The van der Waals surface area contributed by atoms with Crippen molar-refractivity contribution in [3.8, 4) is 0 Å². The van der Waals surface area contributed by atoms with Crippen molar-refractivity contribution in [3.63, 3.8) is 0 Å². The molecule has 2 aromatic rings. The van der Waals surface area contributed by atoms with Crippen LogP contribution in [-0.2, 0) is 0 Å². The molecule has 1 aliphatic rings. The molecule has 3 nitrogen and oxygen atoms in total. The Balaban J connectivity index is 2.19. The minimum Gasteiger partial charge on any atom is -0.321 e. The third-order valence-electron chi connectivity index (χ3n) is 3.99. The number of fused-ring (bicyclic) bond motifs is 1. The predicted molar refractivity (Wildman–Crippen MR) is 86.9 cm³/mol. The fourth-order valence-corrected chi connectivity index (χ4v) is 2.90. The Kier molecular flexibility index (Phi) is 3.80. The van der Waals surface area contributed by atoms with Gasteiger partial charge in [-0.15, -0.1) is 0 Å². The summed E-state index contributed by atoms with van der Waals surface area (Å²) >= 11 is 0. The van der Waals surface area contributed by atoms with E-state index in [9.17, 15) is 9.18 Å². The number of benzene rings is 2. The second-order valence-electron chi connectivity index (χ2n) is 5.96. The number of nitrogens with zero attached hydrogens (tertiary/aromatic N) is 2. The number of alkyl halides is 1. The van der Waals surface area contributed by atoms with Gasteiger partial charge in [0.2, 0.25) is 0 Å². The van der Waals surface area contributed by atoms with Crippen molar-refractivity contribution < 1.29 is 13.6 Å². The molecule has 0 aromatic heterocycles. The summed E-state index contributed by atoms with van der Waals surface area (Å²) in [6, 6.07) is 11.0. The van der Waals surface area contributed by atoms with Gasteiger partial charge in [0.25, 0.3) is 12.3 Å². The number of aryl methyl sites for hydroxylation is 1. The minimum absolute atomic E-state index is 0.0392. The topological polar surface area (TPSA) is 23.6 Å². The smallest absolute Gasteiger partial charge is 0.264 e. The molecule has 1 unspecified atom stereocenters. The molecule has 1 aliphatic heterocycles. The van der Waals surface area contributed by atoms with Crippen LogP contribution in [0.3, 0.4) is 0 Å². The molecular weight excluding hydrogens is 298 g/mol. The SMILES string of the molecule is Cc1ccc(F)c(N2C(=O)c3ccccc3N(C(C)C)C2F)c1. The van der Waals surface area contributed by atoms with Gasteiger partial charge in [0.05, 0.1) is 16.9 Å². The Morgan fingerprint density at radius 2 is 1.78 bits per heavy atom. The van der Waals surface area contributed by atoms with Gasteiger partial charge in [-0.05, 0) is 50.6 Å². The van der Waals surface area contributed by atoms with E-state index >= 15 is 4.39 Å². The minimum atomic E-state index is -1.76. The molecule has 0 spiro atoms. The summed E-state index contributed by atoms with van der Waals surface area (Å²) in [6.07, 6.45) is -1.76. The molecule has 1 heterocycles. The van der Waals surface area contributed by atoms with Gasteiger partial charge < -0.3 is 4.90 Å². The lowest BCUT2D eigenvalue weighted by molar-refractivity contribution is 0.0932. The first-order chi connectivity index (χ1) is 10.9. The van der Waals surface area contributed by atoms with Crippen molar-refractivity contribution in [2.75, 3.05) is 9.80 Å². The zero-order chi connectivity index (χ0) is 16.7. The Morgan fingerprint density at radius 1 is 1.09 bits per heavy atom. The lowest BCUT2D eigenvalue weighted by Gasteiger charge is -2.43. The van der Waals surface area contributed by atoms with E-state index in [1.165, 1.54) is 17.0 Å². The van der Waals surface area contributed by atoms with Crippen molar-refractivity contribution in [1.29, 1.82) is 0 Å². The fraction of sp³-hybridized carbons (Fsp3) is 0.278. The molecule has 0 saturated carbocycles. The first-order valence-corrected chi connectivity index (χ1v) is 7.53. The average molecular weight is 316 g/mol. The molecule has 0 radical (unpaired) electrons. The largest absolute Gasteiger partial charge is 0.321 e. The number of hydrogen-bond acceptors (Lipinski definition) is 2. The standard InChI is InChI=1S/C18H18F2N2O/c1-11(2)21-15-7-5-4-6-13(15)17(23)22(18(21)20)16-10-12(3)8-9-14(16)19/h4-11,18H,1-3H3. The number of halogens is 2. The average Bonchev–Trinajstić information content (AvgIpc) is 2.50. The fourth-order valence-electron chi connectivity index (χ4n) is 2.90. The van der Waals surface area contributed by atoms with Crippen molar-refractivity contribution in [2.24, 2.45) is 0 Å². The Hall–Kier alpha value is -2.43. The van der Waals surface area contributed by atoms with Crippen molar-refractivity contribution in [2.45, 2.75) is 33.2 Å². The van der Waals surface area contributed by atoms with Crippen LogP contribution in [0, 0.1) is 12.7 Å². The number of rotatable bonds is 2. The van der Waals surface area contributed by atoms with Gasteiger partial charge >= 0.3 is 0 Å². The maximum atomic E-state index is 15.2. The number of hydrogen-bond donors (Lipinski definition) is 0. The van der Waals surface area contributed by atoms with Gasteiger partial charge in [-0.3, -0.25) is 9.69 Å². The van der Waals surface area contributed by atoms with E-state index in [1.807, 2.05) is 13.8 Å². The number of amides is 1. The molecule has 1 amide bonds. The summed E-state index contributed by atoms with van der Waals surface area (Å²) in [5, 5.41) is 0. The van der Waals surface area contributed by atoms with Crippen LogP contribution in [0.2, 0.25) is 0 Å². The normalized spacial score (nSPS) is 17.7. The van der Waals surface area contributed by atoms with Crippen LogP contribution in [0.5, 0.6) is 0 Å². The Morgan fingerprint density at radius 3 is 2.48 bits per heavy atom. The van der Waals surface area contributed by atoms with Crippen LogP contribution in [0.15, 0.2) is 42.5 Å². The lowest BCUT2D eigenvalue weighted by atomic mass is 10.0. The van der Waals surface area contributed by atoms with Crippen LogP contribution in [0.1, 0.15) is 29.8 Å². The van der Waals surface area contributed by atoms with Gasteiger partial charge in [-0.25, -0.2) is 4.39 Å². The van der Waals surface area contributed by atoms with Crippen LogP contribution < -0.4 is 9.80 Å². The third-order valence-corrected chi connectivity index (χ3v) is 3.99. The summed E-state index contributed by atoms with van der Waals surface area (Å²) in [5.74, 6) is -1.15. The highest BCUT2D eigenvalue weighted by atomic mass is 19.1. The van der Waals surface area contributed by atoms with Gasteiger partial charge in [0.1, 0.15) is 5.82 Å². The highest BCUT2D eigenvalue weighted by Gasteiger charge is 2.40. The molecule has 1 atom stereocenters. The molecule has 3 rings (SSSR count). The van der Waals surface area contributed by atoms with Crippen LogP contribution in [0.4, 0.5) is 20.2 Å². The van der Waals surface area contributed by atoms with E-state index in [0.29, 0.717) is 11.3 Å². The van der Waals surface area contributed by atoms with Crippen LogP contribution in [-0.4, -0.2) is 18.4 Å². The molecule has 0 N–H and O–H groups in total. The second kappa shape index (κ2) is 5.65.